The number of fused-ring (bicyclic) bond motifs is 1. The maximum Gasteiger partial charge on any atom is 0.121 e. The van der Waals surface area contributed by atoms with Gasteiger partial charge in [-0.05, 0) is 50.9 Å². The minimum atomic E-state index is 0.766. The van der Waals surface area contributed by atoms with Crippen molar-refractivity contribution < 1.29 is 0 Å². The van der Waals surface area contributed by atoms with Gasteiger partial charge in [-0.1, -0.05) is 12.5 Å². The van der Waals surface area contributed by atoms with Gasteiger partial charge in [-0.25, -0.2) is 4.98 Å². The first kappa shape index (κ1) is 14.2. The molecule has 0 bridgehead atoms. The number of aryl methyl sites for hydroxylation is 1. The predicted octanol–water partition coefficient (Wildman–Crippen LogP) is 2.93. The average Bonchev–Trinajstić information content (AvgIpc) is 2.85. The fourth-order valence-corrected chi connectivity index (χ4v) is 4.01. The van der Waals surface area contributed by atoms with Gasteiger partial charge in [0.1, 0.15) is 5.82 Å². The third-order valence-electron chi connectivity index (χ3n) is 5.32. The lowest BCUT2D eigenvalue weighted by atomic mass is 9.97. The van der Waals surface area contributed by atoms with Crippen LogP contribution in [0.2, 0.25) is 0 Å². The van der Waals surface area contributed by atoms with Crippen molar-refractivity contribution in [3.05, 3.63) is 29.6 Å². The van der Waals surface area contributed by atoms with Crippen LogP contribution in [0.25, 0.3) is 11.0 Å². The summed E-state index contributed by atoms with van der Waals surface area (Å²) in [5.74, 6) is 1.10. The molecule has 1 N–H and O–H groups in total. The zero-order valence-corrected chi connectivity index (χ0v) is 13.7. The van der Waals surface area contributed by atoms with E-state index in [4.69, 9.17) is 4.98 Å². The summed E-state index contributed by atoms with van der Waals surface area (Å²) in [6.07, 6.45) is 4.16. The molecule has 2 aromatic rings. The van der Waals surface area contributed by atoms with Gasteiger partial charge in [0, 0.05) is 25.2 Å². The minimum Gasteiger partial charge on any atom is -0.341 e. The number of aromatic nitrogens is 2. The lowest BCUT2D eigenvalue weighted by molar-refractivity contribution is -0.00718. The van der Waals surface area contributed by atoms with Gasteiger partial charge in [-0.2, -0.15) is 0 Å². The van der Waals surface area contributed by atoms with Crippen LogP contribution in [0.15, 0.2) is 18.2 Å². The summed E-state index contributed by atoms with van der Waals surface area (Å²) in [5, 5.41) is 0. The molecular weight excluding hydrogens is 272 g/mol. The van der Waals surface area contributed by atoms with Crippen molar-refractivity contribution in [1.82, 2.24) is 19.8 Å². The Labute approximate surface area is 132 Å². The Bertz CT molecular complexity index is 656. The molecule has 2 saturated heterocycles. The largest absolute Gasteiger partial charge is 0.341 e. The molecule has 0 radical (unpaired) electrons. The van der Waals surface area contributed by atoms with Crippen LogP contribution in [-0.4, -0.2) is 51.5 Å². The maximum absolute atomic E-state index is 4.72. The van der Waals surface area contributed by atoms with E-state index in [2.05, 4.69) is 46.8 Å². The van der Waals surface area contributed by atoms with Crippen molar-refractivity contribution in [3.8, 4) is 0 Å². The standard InChI is InChI=1S/C18H26N4/c1-13-6-7-16-17(9-13)20-18(19-16)12-21-10-15(11-21)22-8-4-3-5-14(22)2/h6-7,9,14-15H,3-5,8,10-12H2,1-2H3,(H,19,20)/t14-/m1/s1. The Morgan fingerprint density at radius 3 is 2.95 bits per heavy atom. The molecule has 4 rings (SSSR count). The van der Waals surface area contributed by atoms with E-state index in [0.29, 0.717) is 0 Å². The maximum atomic E-state index is 4.72. The van der Waals surface area contributed by atoms with Crippen molar-refractivity contribution in [2.75, 3.05) is 19.6 Å². The number of hydrogen-bond acceptors (Lipinski definition) is 3. The van der Waals surface area contributed by atoms with Gasteiger partial charge in [0.15, 0.2) is 0 Å². The second-order valence-electron chi connectivity index (χ2n) is 7.13. The van der Waals surface area contributed by atoms with Crippen LogP contribution in [0, 0.1) is 6.92 Å². The van der Waals surface area contributed by atoms with Crippen molar-refractivity contribution in [2.45, 2.75) is 51.7 Å². The molecule has 0 unspecified atom stereocenters. The first-order valence-corrected chi connectivity index (χ1v) is 8.62. The zero-order valence-electron chi connectivity index (χ0n) is 13.7. The summed E-state index contributed by atoms with van der Waals surface area (Å²) in [5.41, 5.74) is 3.53. The van der Waals surface area contributed by atoms with Gasteiger partial charge in [0.05, 0.1) is 17.6 Å². The number of imidazole rings is 1. The fourth-order valence-electron chi connectivity index (χ4n) is 4.01. The Morgan fingerprint density at radius 1 is 1.27 bits per heavy atom. The van der Waals surface area contributed by atoms with Crippen LogP contribution in [0.3, 0.4) is 0 Å². The van der Waals surface area contributed by atoms with E-state index in [-0.39, 0.29) is 0 Å². The number of H-pyrrole nitrogens is 1. The van der Waals surface area contributed by atoms with Crippen LogP contribution in [0.1, 0.15) is 37.6 Å². The molecule has 0 aliphatic carbocycles. The number of nitrogens with zero attached hydrogens (tertiary/aromatic N) is 3. The monoisotopic (exact) mass is 298 g/mol. The van der Waals surface area contributed by atoms with E-state index >= 15 is 0 Å². The highest BCUT2D eigenvalue weighted by Gasteiger charge is 2.35. The van der Waals surface area contributed by atoms with Crippen LogP contribution in [0.5, 0.6) is 0 Å². The lowest BCUT2D eigenvalue weighted by Crippen LogP contribution is -2.61. The number of hydrogen-bond donors (Lipinski definition) is 1. The third-order valence-corrected chi connectivity index (χ3v) is 5.32. The topological polar surface area (TPSA) is 35.2 Å². The van der Waals surface area contributed by atoms with Crippen LogP contribution >= 0.6 is 0 Å². The van der Waals surface area contributed by atoms with Gasteiger partial charge in [0.2, 0.25) is 0 Å². The highest BCUT2D eigenvalue weighted by atomic mass is 15.3. The van der Waals surface area contributed by atoms with Crippen molar-refractivity contribution in [1.29, 1.82) is 0 Å². The smallest absolute Gasteiger partial charge is 0.121 e. The summed E-state index contributed by atoms with van der Waals surface area (Å²) >= 11 is 0. The number of aromatic amines is 1. The van der Waals surface area contributed by atoms with E-state index in [0.717, 1.165) is 35.5 Å². The second-order valence-corrected chi connectivity index (χ2v) is 7.13. The fraction of sp³-hybridized carbons (Fsp3) is 0.611. The molecule has 1 atom stereocenters. The van der Waals surface area contributed by atoms with Gasteiger partial charge in [-0.15, -0.1) is 0 Å². The van der Waals surface area contributed by atoms with E-state index in [1.54, 1.807) is 0 Å². The van der Waals surface area contributed by atoms with E-state index in [1.807, 2.05) is 0 Å². The van der Waals surface area contributed by atoms with Crippen LogP contribution in [0.4, 0.5) is 0 Å². The molecule has 2 fully saturated rings. The molecule has 1 aromatic heterocycles. The van der Waals surface area contributed by atoms with Gasteiger partial charge < -0.3 is 4.98 Å². The molecule has 0 saturated carbocycles. The van der Waals surface area contributed by atoms with Crippen molar-refractivity contribution in [3.63, 3.8) is 0 Å². The summed E-state index contributed by atoms with van der Waals surface area (Å²) in [7, 11) is 0. The predicted molar refractivity (Wildman–Crippen MR) is 89.9 cm³/mol. The minimum absolute atomic E-state index is 0.766. The summed E-state index contributed by atoms with van der Waals surface area (Å²) in [4.78, 5) is 13.4. The molecule has 0 amide bonds. The number of benzene rings is 1. The SMILES string of the molecule is Cc1ccc2nc(CN3CC(N4CCCC[C@H]4C)C3)[nH]c2c1. The zero-order chi connectivity index (χ0) is 15.1. The normalized spacial score (nSPS) is 24.7. The highest BCUT2D eigenvalue weighted by molar-refractivity contribution is 5.75. The molecule has 0 spiro atoms. The number of likely N-dealkylation sites (tertiary alicyclic amines) is 2. The van der Waals surface area contributed by atoms with E-state index < -0.39 is 0 Å². The number of nitrogens with one attached hydrogen (secondary N) is 1. The molecule has 3 heterocycles. The molecule has 4 nitrogen and oxygen atoms in total. The summed E-state index contributed by atoms with van der Waals surface area (Å²) < 4.78 is 0. The molecule has 2 aliphatic heterocycles. The Morgan fingerprint density at radius 2 is 2.14 bits per heavy atom. The highest BCUT2D eigenvalue weighted by Crippen LogP contribution is 2.25. The second kappa shape index (κ2) is 5.67. The van der Waals surface area contributed by atoms with Gasteiger partial charge >= 0.3 is 0 Å². The van der Waals surface area contributed by atoms with Crippen molar-refractivity contribution in [2.24, 2.45) is 0 Å². The van der Waals surface area contributed by atoms with Crippen molar-refractivity contribution >= 4 is 11.0 Å². The third kappa shape index (κ3) is 2.66. The van der Waals surface area contributed by atoms with Gasteiger partial charge in [-0.3, -0.25) is 9.80 Å². The Kier molecular flexibility index (Phi) is 3.66. The van der Waals surface area contributed by atoms with E-state index in [1.165, 1.54) is 44.5 Å². The quantitative estimate of drug-likeness (QED) is 0.946. The molecule has 118 valence electrons. The number of rotatable bonds is 3. The van der Waals surface area contributed by atoms with Crippen LogP contribution in [-0.2, 0) is 6.54 Å². The Balaban J connectivity index is 1.36. The van der Waals surface area contributed by atoms with Crippen LogP contribution < -0.4 is 0 Å². The molecular formula is C18H26N4. The first-order valence-electron chi connectivity index (χ1n) is 8.62. The first-order chi connectivity index (χ1) is 10.7. The molecule has 22 heavy (non-hydrogen) atoms. The lowest BCUT2D eigenvalue weighted by Gasteiger charge is -2.49. The molecule has 2 aliphatic rings. The molecule has 4 heteroatoms. The Hall–Kier alpha value is -1.39. The van der Waals surface area contributed by atoms with E-state index in [9.17, 15) is 0 Å². The van der Waals surface area contributed by atoms with Gasteiger partial charge in [0.25, 0.3) is 0 Å². The molecule has 1 aromatic carbocycles. The summed E-state index contributed by atoms with van der Waals surface area (Å²) in [6.45, 7) is 9.15. The average molecular weight is 298 g/mol. The number of piperidine rings is 1. The summed E-state index contributed by atoms with van der Waals surface area (Å²) in [6, 6.07) is 7.96.